The average molecular weight is 196 g/mol. The summed E-state index contributed by atoms with van der Waals surface area (Å²) >= 11 is 0. The van der Waals surface area contributed by atoms with Crippen LogP contribution in [0.3, 0.4) is 0 Å². The summed E-state index contributed by atoms with van der Waals surface area (Å²) in [6, 6.07) is 6.18. The molecular weight excluding hydrogens is 184 g/mol. The number of carboxylic acids is 1. The summed E-state index contributed by atoms with van der Waals surface area (Å²) in [7, 11) is 1.44. The molecule has 0 heterocycles. The van der Waals surface area contributed by atoms with Crippen molar-refractivity contribution in [1.29, 1.82) is 0 Å². The molecule has 0 aliphatic carbocycles. The van der Waals surface area contributed by atoms with Crippen LogP contribution in [0.5, 0.6) is 5.75 Å². The Morgan fingerprint density at radius 3 is 2.79 bits per heavy atom. The van der Waals surface area contributed by atoms with E-state index in [1.165, 1.54) is 19.2 Å². The monoisotopic (exact) mass is 196 g/mol. The Bertz CT molecular complexity index is 322. The lowest BCUT2D eigenvalue weighted by molar-refractivity contribution is -0.140. The van der Waals surface area contributed by atoms with Gasteiger partial charge in [-0.2, -0.15) is 0 Å². The zero-order valence-electron chi connectivity index (χ0n) is 7.80. The minimum absolute atomic E-state index is 0.0600. The fourth-order valence-electron chi connectivity index (χ4n) is 1.22. The summed E-state index contributed by atoms with van der Waals surface area (Å²) in [5.74, 6) is -1.63. The van der Waals surface area contributed by atoms with Crippen LogP contribution in [0.1, 0.15) is 11.5 Å². The van der Waals surface area contributed by atoms with Crippen LogP contribution in [-0.2, 0) is 9.53 Å². The van der Waals surface area contributed by atoms with Gasteiger partial charge in [0, 0.05) is 7.11 Å². The smallest absolute Gasteiger partial charge is 0.313 e. The average Bonchev–Trinajstić information content (AvgIpc) is 2.13. The molecule has 0 aliphatic rings. The van der Waals surface area contributed by atoms with E-state index < -0.39 is 11.9 Å². The second-order valence-corrected chi connectivity index (χ2v) is 2.94. The first-order valence-electron chi connectivity index (χ1n) is 4.16. The SMILES string of the molecule is COCC(C(=O)O)c1cccc(O)c1. The van der Waals surface area contributed by atoms with Crippen molar-refractivity contribution in [2.45, 2.75) is 5.92 Å². The molecule has 0 spiro atoms. The zero-order chi connectivity index (χ0) is 10.6. The van der Waals surface area contributed by atoms with Gasteiger partial charge in [0.15, 0.2) is 0 Å². The lowest BCUT2D eigenvalue weighted by atomic mass is 10.0. The van der Waals surface area contributed by atoms with Crippen LogP contribution in [0.25, 0.3) is 0 Å². The van der Waals surface area contributed by atoms with E-state index in [1.807, 2.05) is 0 Å². The third-order valence-corrected chi connectivity index (χ3v) is 1.90. The van der Waals surface area contributed by atoms with Gasteiger partial charge in [0.05, 0.1) is 6.61 Å². The molecule has 0 amide bonds. The molecule has 1 rings (SSSR count). The number of phenols is 1. The van der Waals surface area contributed by atoms with Crippen LogP contribution in [0.15, 0.2) is 24.3 Å². The third-order valence-electron chi connectivity index (χ3n) is 1.90. The highest BCUT2D eigenvalue weighted by molar-refractivity contribution is 5.76. The van der Waals surface area contributed by atoms with Gasteiger partial charge in [-0.3, -0.25) is 4.79 Å². The van der Waals surface area contributed by atoms with E-state index >= 15 is 0 Å². The predicted octanol–water partition coefficient (Wildman–Crippen LogP) is 1.21. The van der Waals surface area contributed by atoms with Crippen molar-refractivity contribution in [3.05, 3.63) is 29.8 Å². The van der Waals surface area contributed by atoms with Crippen molar-refractivity contribution in [3.8, 4) is 5.75 Å². The third kappa shape index (κ3) is 2.47. The van der Waals surface area contributed by atoms with E-state index in [-0.39, 0.29) is 12.4 Å². The lowest BCUT2D eigenvalue weighted by Crippen LogP contribution is -2.16. The number of aromatic hydroxyl groups is 1. The molecule has 0 aromatic heterocycles. The van der Waals surface area contributed by atoms with Crippen molar-refractivity contribution < 1.29 is 19.7 Å². The van der Waals surface area contributed by atoms with Gasteiger partial charge in [0.2, 0.25) is 0 Å². The van der Waals surface area contributed by atoms with Crippen LogP contribution >= 0.6 is 0 Å². The van der Waals surface area contributed by atoms with Crippen LogP contribution in [0.4, 0.5) is 0 Å². The summed E-state index contributed by atoms with van der Waals surface area (Å²) < 4.78 is 4.80. The van der Waals surface area contributed by atoms with Gasteiger partial charge in [-0.1, -0.05) is 12.1 Å². The van der Waals surface area contributed by atoms with Crippen molar-refractivity contribution in [3.63, 3.8) is 0 Å². The summed E-state index contributed by atoms with van der Waals surface area (Å²) in [5, 5.41) is 18.1. The molecule has 0 fully saturated rings. The molecule has 1 atom stereocenters. The highest BCUT2D eigenvalue weighted by Crippen LogP contribution is 2.20. The van der Waals surface area contributed by atoms with Crippen molar-refractivity contribution in [2.24, 2.45) is 0 Å². The van der Waals surface area contributed by atoms with Gasteiger partial charge in [0.25, 0.3) is 0 Å². The van der Waals surface area contributed by atoms with Gasteiger partial charge < -0.3 is 14.9 Å². The zero-order valence-corrected chi connectivity index (χ0v) is 7.80. The van der Waals surface area contributed by atoms with Gasteiger partial charge in [-0.25, -0.2) is 0 Å². The van der Waals surface area contributed by atoms with Crippen LogP contribution in [0, 0.1) is 0 Å². The predicted molar refractivity (Wildman–Crippen MR) is 50.4 cm³/mol. The van der Waals surface area contributed by atoms with Crippen LogP contribution in [0.2, 0.25) is 0 Å². The highest BCUT2D eigenvalue weighted by atomic mass is 16.5. The summed E-state index contributed by atoms with van der Waals surface area (Å²) in [6.07, 6.45) is 0. The molecule has 1 unspecified atom stereocenters. The van der Waals surface area contributed by atoms with Gasteiger partial charge in [0.1, 0.15) is 11.7 Å². The minimum atomic E-state index is -0.961. The Morgan fingerprint density at radius 1 is 1.57 bits per heavy atom. The maximum absolute atomic E-state index is 10.8. The maximum Gasteiger partial charge on any atom is 0.313 e. The second kappa shape index (κ2) is 4.62. The van der Waals surface area contributed by atoms with Crippen molar-refractivity contribution >= 4 is 5.97 Å². The Hall–Kier alpha value is -1.55. The molecule has 76 valence electrons. The summed E-state index contributed by atoms with van der Waals surface area (Å²) in [6.45, 7) is 0.0960. The number of carbonyl (C=O) groups is 1. The van der Waals surface area contributed by atoms with Gasteiger partial charge in [-0.05, 0) is 17.7 Å². The van der Waals surface area contributed by atoms with E-state index in [0.29, 0.717) is 5.56 Å². The summed E-state index contributed by atoms with van der Waals surface area (Å²) in [5.41, 5.74) is 0.541. The fourth-order valence-corrected chi connectivity index (χ4v) is 1.22. The quantitative estimate of drug-likeness (QED) is 0.759. The van der Waals surface area contributed by atoms with E-state index in [0.717, 1.165) is 0 Å². The summed E-state index contributed by atoms with van der Waals surface area (Å²) in [4.78, 5) is 10.8. The molecule has 0 saturated carbocycles. The first-order chi connectivity index (χ1) is 6.65. The molecule has 1 aromatic rings. The normalized spacial score (nSPS) is 12.4. The standard InChI is InChI=1S/C10H12O4/c1-14-6-9(10(12)13)7-3-2-4-8(11)5-7/h2-5,9,11H,6H2,1H3,(H,12,13). The van der Waals surface area contributed by atoms with E-state index in [4.69, 9.17) is 9.84 Å². The van der Waals surface area contributed by atoms with E-state index in [1.54, 1.807) is 12.1 Å². The first-order valence-corrected chi connectivity index (χ1v) is 4.16. The number of aliphatic carboxylic acids is 1. The topological polar surface area (TPSA) is 66.8 Å². The Kier molecular flexibility index (Phi) is 3.48. The molecular formula is C10H12O4. The number of phenolic OH excluding ortho intramolecular Hbond substituents is 1. The minimum Gasteiger partial charge on any atom is -0.508 e. The number of hydrogen-bond donors (Lipinski definition) is 2. The van der Waals surface area contributed by atoms with E-state index in [9.17, 15) is 9.90 Å². The van der Waals surface area contributed by atoms with Gasteiger partial charge >= 0.3 is 5.97 Å². The van der Waals surface area contributed by atoms with Crippen LogP contribution in [-0.4, -0.2) is 29.9 Å². The van der Waals surface area contributed by atoms with Crippen LogP contribution < -0.4 is 0 Å². The lowest BCUT2D eigenvalue weighted by Gasteiger charge is -2.11. The molecule has 2 N–H and O–H groups in total. The molecule has 14 heavy (non-hydrogen) atoms. The Balaban J connectivity index is 2.93. The molecule has 0 radical (unpaired) electrons. The van der Waals surface area contributed by atoms with Crippen molar-refractivity contribution in [1.82, 2.24) is 0 Å². The second-order valence-electron chi connectivity index (χ2n) is 2.94. The highest BCUT2D eigenvalue weighted by Gasteiger charge is 2.19. The van der Waals surface area contributed by atoms with Crippen molar-refractivity contribution in [2.75, 3.05) is 13.7 Å². The number of benzene rings is 1. The molecule has 4 heteroatoms. The molecule has 0 saturated heterocycles. The van der Waals surface area contributed by atoms with Gasteiger partial charge in [-0.15, -0.1) is 0 Å². The number of hydrogen-bond acceptors (Lipinski definition) is 3. The number of ether oxygens (including phenoxy) is 1. The fraction of sp³-hybridized carbons (Fsp3) is 0.300. The Labute approximate surface area is 81.8 Å². The maximum atomic E-state index is 10.8. The molecule has 0 bridgehead atoms. The number of carboxylic acid groups (broad SMARTS) is 1. The number of rotatable bonds is 4. The molecule has 4 nitrogen and oxygen atoms in total. The first kappa shape index (κ1) is 10.5. The number of methoxy groups -OCH3 is 1. The molecule has 0 aliphatic heterocycles. The molecule has 1 aromatic carbocycles. The largest absolute Gasteiger partial charge is 0.508 e. The van der Waals surface area contributed by atoms with E-state index in [2.05, 4.69) is 0 Å². The Morgan fingerprint density at radius 2 is 2.29 bits per heavy atom.